The van der Waals surface area contributed by atoms with Crippen molar-refractivity contribution in [2.24, 2.45) is 0 Å². The van der Waals surface area contributed by atoms with Crippen LogP contribution in [-0.2, 0) is 15.5 Å². The van der Waals surface area contributed by atoms with Crippen LogP contribution < -0.4 is 0 Å². The van der Waals surface area contributed by atoms with Gasteiger partial charge in [-0.15, -0.1) is 0 Å². The Labute approximate surface area is 96.7 Å². The Kier molecular flexibility index (Phi) is 5.14. The number of rotatable bonds is 6. The lowest BCUT2D eigenvalue weighted by Crippen LogP contribution is -2.07. The zero-order valence-corrected chi connectivity index (χ0v) is 9.83. The maximum atomic E-state index is 11.7. The lowest BCUT2D eigenvalue weighted by Gasteiger charge is -2.03. The molecule has 0 spiro atoms. The molecule has 4 nitrogen and oxygen atoms in total. The predicted octanol–water partition coefficient (Wildman–Crippen LogP) is 1.53. The Bertz CT molecular complexity index is 389. The Morgan fingerprint density at radius 2 is 2.25 bits per heavy atom. The smallest absolute Gasteiger partial charge is 0.335 e. The van der Waals surface area contributed by atoms with E-state index in [-0.39, 0.29) is 5.56 Å². The fourth-order valence-corrected chi connectivity index (χ4v) is 2.16. The molecule has 0 radical (unpaired) electrons. The molecule has 0 aliphatic rings. The molecule has 0 bridgehead atoms. The van der Waals surface area contributed by atoms with E-state index in [0.29, 0.717) is 23.9 Å². The SMILES string of the molecule is CCOCCS(=O)c1cccc(C(=O)O)c1. The normalized spacial score (nSPS) is 12.3. The minimum Gasteiger partial charge on any atom is -0.478 e. The van der Waals surface area contributed by atoms with Crippen LogP contribution in [-0.4, -0.2) is 34.3 Å². The number of carboxylic acids is 1. The van der Waals surface area contributed by atoms with Crippen molar-refractivity contribution in [1.29, 1.82) is 0 Å². The monoisotopic (exact) mass is 242 g/mol. The van der Waals surface area contributed by atoms with E-state index in [1.807, 2.05) is 6.92 Å². The molecule has 5 heteroatoms. The largest absolute Gasteiger partial charge is 0.478 e. The first kappa shape index (κ1) is 12.9. The van der Waals surface area contributed by atoms with Crippen molar-refractivity contribution >= 4 is 16.8 Å². The van der Waals surface area contributed by atoms with Gasteiger partial charge in [0.2, 0.25) is 0 Å². The molecule has 0 amide bonds. The third kappa shape index (κ3) is 3.75. The lowest BCUT2D eigenvalue weighted by molar-refractivity contribution is 0.0696. The molecule has 1 aromatic rings. The summed E-state index contributed by atoms with van der Waals surface area (Å²) >= 11 is 0. The van der Waals surface area contributed by atoms with E-state index in [0.717, 1.165) is 0 Å². The Morgan fingerprint density at radius 1 is 1.50 bits per heavy atom. The first-order chi connectivity index (χ1) is 7.65. The molecule has 1 unspecified atom stereocenters. The fraction of sp³-hybridized carbons (Fsp3) is 0.364. The lowest BCUT2D eigenvalue weighted by atomic mass is 10.2. The third-order valence-electron chi connectivity index (χ3n) is 1.96. The maximum Gasteiger partial charge on any atom is 0.335 e. The number of ether oxygens (including phenoxy) is 1. The van der Waals surface area contributed by atoms with Crippen LogP contribution in [0, 0.1) is 0 Å². The number of aromatic carboxylic acids is 1. The third-order valence-corrected chi connectivity index (χ3v) is 3.28. The highest BCUT2D eigenvalue weighted by Crippen LogP contribution is 2.10. The Morgan fingerprint density at radius 3 is 2.88 bits per heavy atom. The highest BCUT2D eigenvalue weighted by Gasteiger charge is 2.07. The quantitative estimate of drug-likeness (QED) is 0.768. The molecule has 0 saturated carbocycles. The minimum atomic E-state index is -1.20. The van der Waals surface area contributed by atoms with Gasteiger partial charge in [-0.25, -0.2) is 4.79 Å². The van der Waals surface area contributed by atoms with Crippen molar-refractivity contribution < 1.29 is 18.8 Å². The topological polar surface area (TPSA) is 63.6 Å². The average molecular weight is 242 g/mol. The van der Waals surface area contributed by atoms with E-state index < -0.39 is 16.8 Å². The van der Waals surface area contributed by atoms with Gasteiger partial charge in [0.1, 0.15) is 0 Å². The molecule has 0 fully saturated rings. The van der Waals surface area contributed by atoms with Gasteiger partial charge in [0.05, 0.1) is 28.7 Å². The number of hydrogen-bond donors (Lipinski definition) is 1. The highest BCUT2D eigenvalue weighted by atomic mass is 32.2. The first-order valence-electron chi connectivity index (χ1n) is 4.94. The van der Waals surface area contributed by atoms with Crippen molar-refractivity contribution in [3.05, 3.63) is 29.8 Å². The van der Waals surface area contributed by atoms with Gasteiger partial charge in [-0.3, -0.25) is 4.21 Å². The molecule has 88 valence electrons. The summed E-state index contributed by atoms with van der Waals surface area (Å²) in [5, 5.41) is 8.78. The van der Waals surface area contributed by atoms with E-state index in [1.54, 1.807) is 12.1 Å². The number of benzene rings is 1. The van der Waals surface area contributed by atoms with Crippen molar-refractivity contribution in [2.75, 3.05) is 19.0 Å². The van der Waals surface area contributed by atoms with Gasteiger partial charge in [0.15, 0.2) is 0 Å². The van der Waals surface area contributed by atoms with E-state index in [2.05, 4.69) is 0 Å². The molecule has 1 N–H and O–H groups in total. The van der Waals surface area contributed by atoms with Gasteiger partial charge in [-0.1, -0.05) is 6.07 Å². The average Bonchev–Trinajstić information content (AvgIpc) is 2.29. The van der Waals surface area contributed by atoms with Crippen LogP contribution in [0.2, 0.25) is 0 Å². The molecule has 0 aliphatic heterocycles. The summed E-state index contributed by atoms with van der Waals surface area (Å²) in [6.45, 7) is 2.88. The molecular weight excluding hydrogens is 228 g/mol. The molecular formula is C11H14O4S. The van der Waals surface area contributed by atoms with Crippen molar-refractivity contribution in [2.45, 2.75) is 11.8 Å². The van der Waals surface area contributed by atoms with E-state index >= 15 is 0 Å². The molecule has 16 heavy (non-hydrogen) atoms. The van der Waals surface area contributed by atoms with Gasteiger partial charge < -0.3 is 9.84 Å². The van der Waals surface area contributed by atoms with Crippen LogP contribution in [0.1, 0.15) is 17.3 Å². The summed E-state index contributed by atoms with van der Waals surface area (Å²) in [6, 6.07) is 6.17. The van der Waals surface area contributed by atoms with Crippen LogP contribution in [0.4, 0.5) is 0 Å². The summed E-state index contributed by atoms with van der Waals surface area (Å²) in [4.78, 5) is 11.2. The van der Waals surface area contributed by atoms with Gasteiger partial charge in [-0.2, -0.15) is 0 Å². The van der Waals surface area contributed by atoms with E-state index in [1.165, 1.54) is 12.1 Å². The van der Waals surface area contributed by atoms with Crippen LogP contribution >= 0.6 is 0 Å². The Balaban J connectivity index is 2.68. The number of carboxylic acid groups (broad SMARTS) is 1. The Hall–Kier alpha value is -1.20. The van der Waals surface area contributed by atoms with Crippen molar-refractivity contribution in [3.63, 3.8) is 0 Å². The maximum absolute atomic E-state index is 11.7. The molecule has 1 atom stereocenters. The van der Waals surface area contributed by atoms with Gasteiger partial charge in [0.25, 0.3) is 0 Å². The molecule has 0 aliphatic carbocycles. The molecule has 0 saturated heterocycles. The van der Waals surface area contributed by atoms with Crippen LogP contribution in [0.25, 0.3) is 0 Å². The predicted molar refractivity (Wildman–Crippen MR) is 61.2 cm³/mol. The van der Waals surface area contributed by atoms with Gasteiger partial charge in [-0.05, 0) is 25.1 Å². The first-order valence-corrected chi connectivity index (χ1v) is 6.26. The summed E-state index contributed by atoms with van der Waals surface area (Å²) < 4.78 is 16.8. The molecule has 0 heterocycles. The van der Waals surface area contributed by atoms with Crippen LogP contribution in [0.15, 0.2) is 29.2 Å². The fourth-order valence-electron chi connectivity index (χ4n) is 1.17. The van der Waals surface area contributed by atoms with Crippen LogP contribution in [0.5, 0.6) is 0 Å². The second-order valence-corrected chi connectivity index (χ2v) is 4.65. The van der Waals surface area contributed by atoms with E-state index in [4.69, 9.17) is 9.84 Å². The van der Waals surface area contributed by atoms with Crippen LogP contribution in [0.3, 0.4) is 0 Å². The van der Waals surface area contributed by atoms with Gasteiger partial charge in [0, 0.05) is 11.5 Å². The molecule has 0 aromatic heterocycles. The summed E-state index contributed by atoms with van der Waals surface area (Å²) in [7, 11) is -1.20. The van der Waals surface area contributed by atoms with Crippen molar-refractivity contribution in [3.8, 4) is 0 Å². The standard InChI is InChI=1S/C11H14O4S/c1-2-15-6-7-16(14)10-5-3-4-9(8-10)11(12)13/h3-5,8H,2,6-7H2,1H3,(H,12,13). The number of hydrogen-bond acceptors (Lipinski definition) is 3. The van der Waals surface area contributed by atoms with Crippen molar-refractivity contribution in [1.82, 2.24) is 0 Å². The zero-order valence-electron chi connectivity index (χ0n) is 9.01. The second-order valence-electron chi connectivity index (χ2n) is 3.08. The van der Waals surface area contributed by atoms with Gasteiger partial charge >= 0.3 is 5.97 Å². The number of carbonyl (C=O) groups is 1. The van der Waals surface area contributed by atoms with E-state index in [9.17, 15) is 9.00 Å². The summed E-state index contributed by atoms with van der Waals surface area (Å²) in [6.07, 6.45) is 0. The summed E-state index contributed by atoms with van der Waals surface area (Å²) in [5.74, 6) is -0.625. The molecule has 1 rings (SSSR count). The minimum absolute atomic E-state index is 0.155. The second kappa shape index (κ2) is 6.40. The summed E-state index contributed by atoms with van der Waals surface area (Å²) in [5.41, 5.74) is 0.155. The molecule has 1 aromatic carbocycles. The highest BCUT2D eigenvalue weighted by molar-refractivity contribution is 7.85. The zero-order chi connectivity index (χ0) is 12.0.